The fourth-order valence-corrected chi connectivity index (χ4v) is 4.48. The minimum absolute atomic E-state index is 0.00401. The number of carbonyl (C=O) groups is 6. The molecule has 1 aromatic heterocycles. The number of aromatic nitrogens is 1. The third-order valence-electron chi connectivity index (χ3n) is 6.14. The first-order chi connectivity index (χ1) is 19.7. The highest BCUT2D eigenvalue weighted by Crippen LogP contribution is 2.22. The van der Waals surface area contributed by atoms with Crippen LogP contribution in [-0.2, 0) is 36.9 Å². The summed E-state index contributed by atoms with van der Waals surface area (Å²) in [4.78, 5) is 70.5. The number of ether oxygens (including phenoxy) is 1. The molecule has 0 spiro atoms. The zero-order chi connectivity index (χ0) is 29.6. The Bertz CT molecular complexity index is 1260. The van der Waals surface area contributed by atoms with Crippen LogP contribution < -0.4 is 26.0 Å². The molecule has 2 heterocycles. The van der Waals surface area contributed by atoms with Crippen LogP contribution in [0.15, 0.2) is 36.4 Å². The molecule has 0 bridgehead atoms. The molecule has 0 radical (unpaired) electrons. The number of carbonyl (C=O) groups excluding carboxylic acids is 6. The quantitative estimate of drug-likeness (QED) is 0.164. The van der Waals surface area contributed by atoms with Gasteiger partial charge in [0.1, 0.15) is 5.75 Å². The molecule has 0 saturated carbocycles. The SMILES string of the molecule is CC(=O)SCC(=O)NCC(=O)NCC(=O)NCC(=O)NCCCCOc1ccc(C(=O)c2ccc3n2CCC3)cc1. The van der Waals surface area contributed by atoms with E-state index in [-0.39, 0.29) is 42.2 Å². The van der Waals surface area contributed by atoms with E-state index in [0.29, 0.717) is 37.3 Å². The van der Waals surface area contributed by atoms with Crippen molar-refractivity contribution in [3.63, 3.8) is 0 Å². The number of thioether (sulfide) groups is 1. The van der Waals surface area contributed by atoms with Gasteiger partial charge in [-0.1, -0.05) is 11.8 Å². The van der Waals surface area contributed by atoms with Gasteiger partial charge in [-0.05, 0) is 62.1 Å². The molecule has 41 heavy (non-hydrogen) atoms. The summed E-state index contributed by atoms with van der Waals surface area (Å²) in [5.41, 5.74) is 2.55. The van der Waals surface area contributed by atoms with E-state index in [9.17, 15) is 28.8 Å². The Morgan fingerprint density at radius 1 is 0.805 bits per heavy atom. The summed E-state index contributed by atoms with van der Waals surface area (Å²) in [6.45, 7) is 2.17. The van der Waals surface area contributed by atoms with Crippen LogP contribution in [0, 0.1) is 0 Å². The Morgan fingerprint density at radius 2 is 1.44 bits per heavy atom. The zero-order valence-electron chi connectivity index (χ0n) is 23.0. The van der Waals surface area contributed by atoms with Crippen molar-refractivity contribution in [1.82, 2.24) is 25.8 Å². The summed E-state index contributed by atoms with van der Waals surface area (Å²) < 4.78 is 7.82. The molecule has 4 amide bonds. The lowest BCUT2D eigenvalue weighted by Gasteiger charge is -2.09. The highest BCUT2D eigenvalue weighted by atomic mass is 32.2. The number of unbranched alkanes of at least 4 members (excludes halogenated alkanes) is 1. The molecule has 12 nitrogen and oxygen atoms in total. The number of nitrogens with one attached hydrogen (secondary N) is 4. The van der Waals surface area contributed by atoms with Crippen LogP contribution in [-0.4, -0.2) is 77.6 Å². The Labute approximate surface area is 242 Å². The van der Waals surface area contributed by atoms with Gasteiger partial charge in [0.05, 0.1) is 37.7 Å². The van der Waals surface area contributed by atoms with Gasteiger partial charge in [-0.3, -0.25) is 28.8 Å². The van der Waals surface area contributed by atoms with Crippen molar-refractivity contribution < 1.29 is 33.5 Å². The summed E-state index contributed by atoms with van der Waals surface area (Å²) in [6.07, 6.45) is 3.44. The van der Waals surface area contributed by atoms with E-state index in [1.54, 1.807) is 24.3 Å². The second-order valence-electron chi connectivity index (χ2n) is 9.33. The topological polar surface area (TPSA) is 165 Å². The van der Waals surface area contributed by atoms with Gasteiger partial charge in [-0.25, -0.2) is 0 Å². The first kappa shape index (κ1) is 31.4. The van der Waals surface area contributed by atoms with E-state index in [0.717, 1.165) is 36.8 Å². The van der Waals surface area contributed by atoms with Gasteiger partial charge in [-0.2, -0.15) is 0 Å². The Hall–Kier alpha value is -4.13. The second kappa shape index (κ2) is 16.2. The molecule has 2 aromatic rings. The molecule has 13 heteroatoms. The summed E-state index contributed by atoms with van der Waals surface area (Å²) in [5.74, 6) is -1.37. The van der Waals surface area contributed by atoms with Crippen molar-refractivity contribution >= 4 is 46.3 Å². The van der Waals surface area contributed by atoms with Crippen LogP contribution >= 0.6 is 11.8 Å². The van der Waals surface area contributed by atoms with E-state index in [1.165, 1.54) is 12.6 Å². The molecule has 0 atom stereocenters. The number of hydrogen-bond donors (Lipinski definition) is 4. The standard InChI is InChI=1S/C28H35N5O7S/c1-19(34)41-18-27(38)32-17-26(37)31-16-25(36)30-15-24(35)29-12-2-3-14-40-22-9-6-20(7-10-22)28(39)23-11-8-21-5-4-13-33(21)23/h6-11H,2-5,12-18H2,1H3,(H,29,35)(H,30,36)(H,31,37)(H,32,38). The van der Waals surface area contributed by atoms with Crippen LogP contribution in [0.2, 0.25) is 0 Å². The van der Waals surface area contributed by atoms with Crippen molar-refractivity contribution in [3.05, 3.63) is 53.3 Å². The highest BCUT2D eigenvalue weighted by Gasteiger charge is 2.19. The minimum Gasteiger partial charge on any atom is -0.494 e. The van der Waals surface area contributed by atoms with Gasteiger partial charge in [0, 0.05) is 31.3 Å². The lowest BCUT2D eigenvalue weighted by molar-refractivity contribution is -0.128. The monoisotopic (exact) mass is 585 g/mol. The maximum absolute atomic E-state index is 12.8. The Balaban J connectivity index is 1.20. The van der Waals surface area contributed by atoms with Crippen LogP contribution in [0.25, 0.3) is 0 Å². The predicted octanol–water partition coefficient (Wildman–Crippen LogP) is 0.569. The molecule has 1 aliphatic heterocycles. The van der Waals surface area contributed by atoms with Gasteiger partial charge in [0.15, 0.2) is 5.12 Å². The first-order valence-electron chi connectivity index (χ1n) is 13.4. The molecular formula is C28H35N5O7S. The number of amides is 4. The van der Waals surface area contributed by atoms with Gasteiger partial charge in [-0.15, -0.1) is 0 Å². The average molecular weight is 586 g/mol. The Morgan fingerprint density at radius 3 is 2.10 bits per heavy atom. The molecule has 0 unspecified atom stereocenters. The van der Waals surface area contributed by atoms with Crippen LogP contribution in [0.1, 0.15) is 47.9 Å². The van der Waals surface area contributed by atoms with Gasteiger partial charge < -0.3 is 30.6 Å². The largest absolute Gasteiger partial charge is 0.494 e. The van der Waals surface area contributed by atoms with Gasteiger partial charge in [0.2, 0.25) is 29.4 Å². The number of rotatable bonds is 16. The molecule has 3 rings (SSSR count). The maximum Gasteiger partial charge on any atom is 0.239 e. The normalized spacial score (nSPS) is 11.7. The number of ketones is 1. The van der Waals surface area contributed by atoms with Crippen LogP contribution in [0.3, 0.4) is 0 Å². The second-order valence-corrected chi connectivity index (χ2v) is 10.5. The van der Waals surface area contributed by atoms with Crippen molar-refractivity contribution in [3.8, 4) is 5.75 Å². The third kappa shape index (κ3) is 10.7. The van der Waals surface area contributed by atoms with E-state index in [1.807, 2.05) is 12.1 Å². The van der Waals surface area contributed by atoms with Crippen molar-refractivity contribution in [2.45, 2.75) is 39.2 Å². The summed E-state index contributed by atoms with van der Waals surface area (Å²) in [5, 5.41) is 9.55. The molecule has 0 fully saturated rings. The van der Waals surface area contributed by atoms with E-state index >= 15 is 0 Å². The number of hydrogen-bond acceptors (Lipinski definition) is 8. The number of fused-ring (bicyclic) bond motifs is 1. The number of benzene rings is 1. The lowest BCUT2D eigenvalue weighted by atomic mass is 10.1. The summed E-state index contributed by atoms with van der Waals surface area (Å²) in [6, 6.07) is 11.0. The van der Waals surface area contributed by atoms with Crippen molar-refractivity contribution in [1.29, 1.82) is 0 Å². The molecule has 1 aromatic carbocycles. The molecular weight excluding hydrogens is 550 g/mol. The zero-order valence-corrected chi connectivity index (χ0v) is 23.8. The minimum atomic E-state index is -0.572. The lowest BCUT2D eigenvalue weighted by Crippen LogP contribution is -2.44. The number of nitrogens with zero attached hydrogens (tertiary/aromatic N) is 1. The first-order valence-corrected chi connectivity index (χ1v) is 14.4. The average Bonchev–Trinajstić information content (AvgIpc) is 3.59. The van der Waals surface area contributed by atoms with E-state index in [2.05, 4.69) is 25.8 Å². The number of aryl methyl sites for hydroxylation is 1. The summed E-state index contributed by atoms with van der Waals surface area (Å²) >= 11 is 0.829. The molecule has 1 aliphatic rings. The smallest absolute Gasteiger partial charge is 0.239 e. The highest BCUT2D eigenvalue weighted by molar-refractivity contribution is 8.14. The molecule has 0 aliphatic carbocycles. The third-order valence-corrected chi connectivity index (χ3v) is 6.95. The van der Waals surface area contributed by atoms with Crippen molar-refractivity contribution in [2.24, 2.45) is 0 Å². The maximum atomic E-state index is 12.8. The molecule has 4 N–H and O–H groups in total. The fourth-order valence-electron chi connectivity index (χ4n) is 4.05. The van der Waals surface area contributed by atoms with Crippen LogP contribution in [0.5, 0.6) is 5.75 Å². The predicted molar refractivity (Wildman–Crippen MR) is 153 cm³/mol. The Kier molecular flexibility index (Phi) is 12.4. The molecule has 0 saturated heterocycles. The van der Waals surface area contributed by atoms with Gasteiger partial charge in [0.25, 0.3) is 0 Å². The van der Waals surface area contributed by atoms with Gasteiger partial charge >= 0.3 is 0 Å². The van der Waals surface area contributed by atoms with Crippen molar-refractivity contribution in [2.75, 3.05) is 38.5 Å². The van der Waals surface area contributed by atoms with E-state index < -0.39 is 17.7 Å². The fraction of sp³-hybridized carbons (Fsp3) is 0.429. The van der Waals surface area contributed by atoms with E-state index in [4.69, 9.17) is 4.74 Å². The van der Waals surface area contributed by atoms with Crippen LogP contribution in [0.4, 0.5) is 0 Å². The summed E-state index contributed by atoms with van der Waals surface area (Å²) in [7, 11) is 0. The molecule has 220 valence electrons.